The van der Waals surface area contributed by atoms with Crippen LogP contribution in [-0.4, -0.2) is 44.4 Å². The number of rotatable bonds is 3. The van der Waals surface area contributed by atoms with Crippen LogP contribution in [0.15, 0.2) is 23.6 Å². The zero-order valence-corrected chi connectivity index (χ0v) is 14.3. The van der Waals surface area contributed by atoms with Gasteiger partial charge < -0.3 is 9.30 Å². The van der Waals surface area contributed by atoms with E-state index in [0.717, 1.165) is 37.1 Å². The Bertz CT molecular complexity index is 777. The van der Waals surface area contributed by atoms with Crippen molar-refractivity contribution in [3.05, 3.63) is 29.6 Å². The largest absolute Gasteiger partial charge is 0.381 e. The molecule has 0 unspecified atom stereocenters. The lowest BCUT2D eigenvalue weighted by Crippen LogP contribution is -2.21. The Morgan fingerprint density at radius 1 is 1.38 bits per heavy atom. The lowest BCUT2D eigenvalue weighted by Gasteiger charge is -2.21. The zero-order chi connectivity index (χ0) is 17.1. The monoisotopic (exact) mass is 347 g/mol. The van der Waals surface area contributed by atoms with Crippen molar-refractivity contribution in [3.8, 4) is 11.4 Å². The zero-order valence-electron chi connectivity index (χ0n) is 13.6. The molecule has 0 aliphatic heterocycles. The van der Waals surface area contributed by atoms with E-state index >= 15 is 0 Å². The maximum Gasteiger partial charge on any atom is 0.314 e. The van der Waals surface area contributed by atoms with Crippen molar-refractivity contribution in [3.63, 3.8) is 0 Å². The number of amides is 1. The molecule has 2 aromatic rings. The van der Waals surface area contributed by atoms with Gasteiger partial charge in [0.2, 0.25) is 5.82 Å². The van der Waals surface area contributed by atoms with Gasteiger partial charge in [0.25, 0.3) is 0 Å². The number of imidazole rings is 1. The second-order valence-corrected chi connectivity index (χ2v) is 6.09. The van der Waals surface area contributed by atoms with Crippen LogP contribution in [-0.2, 0) is 11.8 Å². The molecular weight excluding hydrogens is 330 g/mol. The van der Waals surface area contributed by atoms with E-state index in [4.69, 9.17) is 16.3 Å². The number of carbonyl (C=O) groups excluding carboxylic acids is 1. The van der Waals surface area contributed by atoms with Gasteiger partial charge in [-0.3, -0.25) is 4.79 Å². The molecular formula is C16H18ClN5O2. The first-order chi connectivity index (χ1) is 11.6. The van der Waals surface area contributed by atoms with E-state index in [2.05, 4.69) is 19.9 Å². The van der Waals surface area contributed by atoms with Crippen LogP contribution in [0.1, 0.15) is 36.3 Å². The fourth-order valence-corrected chi connectivity index (χ4v) is 2.90. The maximum atomic E-state index is 12.4. The normalized spacial score (nSPS) is 17.8. The highest BCUT2D eigenvalue weighted by atomic mass is 35.5. The highest BCUT2D eigenvalue weighted by Gasteiger charge is 2.19. The van der Waals surface area contributed by atoms with Crippen LogP contribution >= 0.6 is 11.6 Å². The summed E-state index contributed by atoms with van der Waals surface area (Å²) < 4.78 is 7.12. The number of aliphatic imine (C=N–C) groups is 1. The first kappa shape index (κ1) is 16.7. The van der Waals surface area contributed by atoms with E-state index < -0.39 is 5.91 Å². The van der Waals surface area contributed by atoms with Crippen LogP contribution in [0.4, 0.5) is 0 Å². The Morgan fingerprint density at radius 3 is 2.75 bits per heavy atom. The van der Waals surface area contributed by atoms with Crippen molar-refractivity contribution in [2.24, 2.45) is 12.0 Å². The fraction of sp³-hybridized carbons (Fsp3) is 0.438. The van der Waals surface area contributed by atoms with Crippen LogP contribution in [0.3, 0.4) is 0 Å². The number of aromatic nitrogens is 4. The summed E-state index contributed by atoms with van der Waals surface area (Å²) in [6.07, 6.45) is 6.81. The highest BCUT2D eigenvalue weighted by Crippen LogP contribution is 2.21. The summed E-state index contributed by atoms with van der Waals surface area (Å²) in [6.45, 7) is 0. The Balaban J connectivity index is 1.83. The molecule has 0 aromatic carbocycles. The van der Waals surface area contributed by atoms with Gasteiger partial charge in [0.1, 0.15) is 5.15 Å². The van der Waals surface area contributed by atoms with Gasteiger partial charge in [-0.2, -0.15) is 0 Å². The average Bonchev–Trinajstić information content (AvgIpc) is 3.01. The molecule has 1 fully saturated rings. The topological polar surface area (TPSA) is 82.3 Å². The van der Waals surface area contributed by atoms with Crippen molar-refractivity contribution in [2.75, 3.05) is 7.11 Å². The molecule has 0 radical (unpaired) electrons. The van der Waals surface area contributed by atoms with Gasteiger partial charge >= 0.3 is 5.91 Å². The third-order valence-corrected chi connectivity index (χ3v) is 4.26. The number of halogens is 1. The minimum Gasteiger partial charge on any atom is -0.381 e. The molecule has 0 bridgehead atoms. The summed E-state index contributed by atoms with van der Waals surface area (Å²) in [5.41, 5.74) is 2.15. The van der Waals surface area contributed by atoms with Gasteiger partial charge in [0, 0.05) is 25.9 Å². The van der Waals surface area contributed by atoms with Crippen molar-refractivity contribution < 1.29 is 9.53 Å². The molecule has 0 atom stereocenters. The van der Waals surface area contributed by atoms with Gasteiger partial charge in [-0.25, -0.2) is 19.9 Å². The minimum atomic E-state index is -0.466. The first-order valence-corrected chi connectivity index (χ1v) is 8.09. The molecule has 2 aromatic heterocycles. The second kappa shape index (κ2) is 7.19. The number of ether oxygens (including phenoxy) is 1. The van der Waals surface area contributed by atoms with E-state index in [1.165, 1.54) is 0 Å². The molecule has 1 saturated carbocycles. The Labute approximate surface area is 144 Å². The number of methoxy groups -OCH3 is 1. The maximum absolute atomic E-state index is 12.4. The predicted octanol–water partition coefficient (Wildman–Crippen LogP) is 2.70. The summed E-state index contributed by atoms with van der Waals surface area (Å²) in [5, 5.41) is 0.202. The third-order valence-electron chi connectivity index (χ3n) is 4.07. The summed E-state index contributed by atoms with van der Waals surface area (Å²) in [4.78, 5) is 28.9. The van der Waals surface area contributed by atoms with Gasteiger partial charge in [-0.05, 0) is 25.7 Å². The number of carbonyl (C=O) groups is 1. The van der Waals surface area contributed by atoms with Crippen molar-refractivity contribution in [1.29, 1.82) is 0 Å². The Kier molecular flexibility index (Phi) is 5.01. The minimum absolute atomic E-state index is 0.0000602. The van der Waals surface area contributed by atoms with Crippen LogP contribution in [0, 0.1) is 0 Å². The lowest BCUT2D eigenvalue weighted by atomic mass is 9.95. The molecule has 7 nitrogen and oxygen atoms in total. The smallest absolute Gasteiger partial charge is 0.314 e. The van der Waals surface area contributed by atoms with Crippen molar-refractivity contribution in [2.45, 2.75) is 31.8 Å². The Hall–Kier alpha value is -2.12. The summed E-state index contributed by atoms with van der Waals surface area (Å²) >= 11 is 6.05. The SMILES string of the molecule is COC1CCC(=NC(=O)c2nc(Cl)cc(-c3cncn3C)n2)CC1. The lowest BCUT2D eigenvalue weighted by molar-refractivity contribution is 0.0857. The molecule has 24 heavy (non-hydrogen) atoms. The number of aryl methyl sites for hydroxylation is 1. The molecule has 3 rings (SSSR count). The highest BCUT2D eigenvalue weighted by molar-refractivity contribution is 6.29. The number of hydrogen-bond donors (Lipinski definition) is 0. The average molecular weight is 348 g/mol. The molecule has 8 heteroatoms. The van der Waals surface area contributed by atoms with Gasteiger partial charge in [0.05, 0.1) is 30.0 Å². The predicted molar refractivity (Wildman–Crippen MR) is 90.3 cm³/mol. The van der Waals surface area contributed by atoms with Gasteiger partial charge in [0.15, 0.2) is 0 Å². The molecule has 0 N–H and O–H groups in total. The third kappa shape index (κ3) is 3.68. The number of hydrogen-bond acceptors (Lipinski definition) is 5. The second-order valence-electron chi connectivity index (χ2n) is 5.71. The van der Waals surface area contributed by atoms with Gasteiger partial charge in [-0.15, -0.1) is 0 Å². The molecule has 1 amide bonds. The molecule has 0 saturated heterocycles. The molecule has 126 valence electrons. The van der Waals surface area contributed by atoms with E-state index in [1.807, 2.05) is 7.05 Å². The summed E-state index contributed by atoms with van der Waals surface area (Å²) in [6, 6.07) is 1.60. The summed E-state index contributed by atoms with van der Waals surface area (Å²) in [5.74, 6) is -0.466. The standard InChI is InChI=1S/C16H18ClN5O2/c1-22-9-18-8-13(22)12-7-14(17)21-15(20-12)16(23)19-10-3-5-11(24-2)6-4-10/h7-9,11H,3-6H2,1-2H3. The van der Waals surface area contributed by atoms with Crippen LogP contribution in [0.25, 0.3) is 11.4 Å². The van der Waals surface area contributed by atoms with Crippen LogP contribution < -0.4 is 0 Å². The van der Waals surface area contributed by atoms with E-state index in [9.17, 15) is 4.79 Å². The summed E-state index contributed by atoms with van der Waals surface area (Å²) in [7, 11) is 3.55. The van der Waals surface area contributed by atoms with Crippen molar-refractivity contribution >= 4 is 23.2 Å². The van der Waals surface area contributed by atoms with Gasteiger partial charge in [-0.1, -0.05) is 11.6 Å². The fourth-order valence-electron chi connectivity index (χ4n) is 2.71. The van der Waals surface area contributed by atoms with Crippen molar-refractivity contribution in [1.82, 2.24) is 19.5 Å². The van der Waals surface area contributed by atoms with Crippen LogP contribution in [0.5, 0.6) is 0 Å². The molecule has 0 spiro atoms. The molecule has 1 aliphatic carbocycles. The van der Waals surface area contributed by atoms with E-state index in [-0.39, 0.29) is 17.1 Å². The van der Waals surface area contributed by atoms with E-state index in [1.54, 1.807) is 30.3 Å². The number of nitrogens with zero attached hydrogens (tertiary/aromatic N) is 5. The quantitative estimate of drug-likeness (QED) is 0.797. The first-order valence-electron chi connectivity index (χ1n) is 7.71. The molecule has 2 heterocycles. The Morgan fingerprint density at radius 2 is 2.12 bits per heavy atom. The molecule has 1 aliphatic rings. The van der Waals surface area contributed by atoms with E-state index in [0.29, 0.717) is 5.69 Å². The van der Waals surface area contributed by atoms with Crippen LogP contribution in [0.2, 0.25) is 5.15 Å².